The topological polar surface area (TPSA) is 38.1 Å². The SMILES string of the molecule is CN(C(=O)[C@H]1CC1(C)C)c1nc2ccc(Cl)cc2n1C1CCC1. The standard InChI is InChI=1S/C18H22ClN3O/c1-18(2)10-13(18)16(23)21(3)17-20-14-8-7-11(19)9-15(14)22(17)12-5-4-6-12/h7-9,12-13H,4-6,10H2,1-3H3/t13-/m1/s1. The second-order valence-corrected chi connectivity index (χ2v) is 8.08. The predicted molar refractivity (Wildman–Crippen MR) is 92.9 cm³/mol. The Labute approximate surface area is 141 Å². The molecule has 0 spiro atoms. The van der Waals surface area contributed by atoms with Crippen LogP contribution in [0.15, 0.2) is 18.2 Å². The van der Waals surface area contributed by atoms with Crippen molar-refractivity contribution in [3.63, 3.8) is 0 Å². The molecular formula is C18H22ClN3O. The molecule has 2 fully saturated rings. The molecular weight excluding hydrogens is 310 g/mol. The van der Waals surface area contributed by atoms with Crippen LogP contribution in [-0.2, 0) is 4.79 Å². The number of imidazole rings is 1. The number of aromatic nitrogens is 2. The number of carbonyl (C=O) groups excluding carboxylic acids is 1. The van der Waals surface area contributed by atoms with Gasteiger partial charge in [-0.15, -0.1) is 0 Å². The Kier molecular flexibility index (Phi) is 3.24. The molecule has 1 aromatic carbocycles. The van der Waals surface area contributed by atoms with E-state index in [0.717, 1.165) is 36.2 Å². The molecule has 2 aliphatic rings. The summed E-state index contributed by atoms with van der Waals surface area (Å²) in [5, 5.41) is 0.710. The third-order valence-corrected chi connectivity index (χ3v) is 5.75. The lowest BCUT2D eigenvalue weighted by Crippen LogP contribution is -2.33. The van der Waals surface area contributed by atoms with Crippen molar-refractivity contribution in [1.29, 1.82) is 0 Å². The molecule has 122 valence electrons. The van der Waals surface area contributed by atoms with Crippen molar-refractivity contribution in [2.75, 3.05) is 11.9 Å². The van der Waals surface area contributed by atoms with Gasteiger partial charge in [0, 0.05) is 24.0 Å². The van der Waals surface area contributed by atoms with E-state index < -0.39 is 0 Å². The summed E-state index contributed by atoms with van der Waals surface area (Å²) in [6, 6.07) is 6.19. The molecule has 4 nitrogen and oxygen atoms in total. The van der Waals surface area contributed by atoms with Crippen LogP contribution in [0.4, 0.5) is 5.95 Å². The molecule has 1 heterocycles. The largest absolute Gasteiger partial charge is 0.307 e. The molecule has 0 N–H and O–H groups in total. The van der Waals surface area contributed by atoms with Gasteiger partial charge in [0.05, 0.1) is 11.0 Å². The van der Waals surface area contributed by atoms with Gasteiger partial charge in [0.1, 0.15) is 0 Å². The van der Waals surface area contributed by atoms with Gasteiger partial charge < -0.3 is 4.57 Å². The molecule has 0 bridgehead atoms. The summed E-state index contributed by atoms with van der Waals surface area (Å²) >= 11 is 6.18. The van der Waals surface area contributed by atoms with E-state index in [1.54, 1.807) is 4.90 Å². The van der Waals surface area contributed by atoms with Crippen LogP contribution in [0, 0.1) is 11.3 Å². The summed E-state index contributed by atoms with van der Waals surface area (Å²) in [6.07, 6.45) is 4.48. The number of hydrogen-bond acceptors (Lipinski definition) is 2. The second kappa shape index (κ2) is 4.97. The van der Waals surface area contributed by atoms with Crippen LogP contribution in [0.25, 0.3) is 11.0 Å². The molecule has 0 aliphatic heterocycles. The maximum Gasteiger partial charge on any atom is 0.232 e. The Bertz CT molecular complexity index is 791. The molecule has 23 heavy (non-hydrogen) atoms. The fourth-order valence-electron chi connectivity index (χ4n) is 3.52. The second-order valence-electron chi connectivity index (χ2n) is 7.64. The van der Waals surface area contributed by atoms with Gasteiger partial charge >= 0.3 is 0 Å². The lowest BCUT2D eigenvalue weighted by atomic mass is 9.92. The number of nitrogens with zero attached hydrogens (tertiary/aromatic N) is 3. The van der Waals surface area contributed by atoms with Crippen LogP contribution >= 0.6 is 11.6 Å². The van der Waals surface area contributed by atoms with Crippen LogP contribution in [-0.4, -0.2) is 22.5 Å². The first kappa shape index (κ1) is 15.0. The molecule has 2 saturated carbocycles. The Balaban J connectivity index is 1.78. The summed E-state index contributed by atoms with van der Waals surface area (Å²) in [5.74, 6) is 1.06. The van der Waals surface area contributed by atoms with E-state index in [4.69, 9.17) is 16.6 Å². The molecule has 1 aromatic heterocycles. The van der Waals surface area contributed by atoms with E-state index in [-0.39, 0.29) is 17.2 Å². The average molecular weight is 332 g/mol. The highest BCUT2D eigenvalue weighted by Crippen LogP contribution is 2.52. The lowest BCUT2D eigenvalue weighted by molar-refractivity contribution is -0.120. The number of hydrogen-bond donors (Lipinski definition) is 0. The van der Waals surface area contributed by atoms with Crippen molar-refractivity contribution in [1.82, 2.24) is 9.55 Å². The number of carbonyl (C=O) groups is 1. The first-order valence-corrected chi connectivity index (χ1v) is 8.71. The molecule has 1 amide bonds. The van der Waals surface area contributed by atoms with Gasteiger partial charge in [-0.2, -0.15) is 0 Å². The van der Waals surface area contributed by atoms with Crippen molar-refractivity contribution >= 4 is 34.5 Å². The van der Waals surface area contributed by atoms with E-state index in [2.05, 4.69) is 18.4 Å². The van der Waals surface area contributed by atoms with Gasteiger partial charge in [0.2, 0.25) is 11.9 Å². The van der Waals surface area contributed by atoms with Gasteiger partial charge in [-0.1, -0.05) is 25.4 Å². The Morgan fingerprint density at radius 3 is 2.65 bits per heavy atom. The Hall–Kier alpha value is -1.55. The highest BCUT2D eigenvalue weighted by atomic mass is 35.5. The Morgan fingerprint density at radius 2 is 2.09 bits per heavy atom. The lowest BCUT2D eigenvalue weighted by Gasteiger charge is -2.31. The van der Waals surface area contributed by atoms with Crippen LogP contribution in [0.5, 0.6) is 0 Å². The number of rotatable bonds is 3. The van der Waals surface area contributed by atoms with Crippen molar-refractivity contribution in [3.05, 3.63) is 23.2 Å². The first-order chi connectivity index (χ1) is 10.9. The summed E-state index contributed by atoms with van der Waals surface area (Å²) < 4.78 is 2.22. The number of anilines is 1. The maximum atomic E-state index is 12.8. The summed E-state index contributed by atoms with van der Waals surface area (Å²) in [5.41, 5.74) is 2.07. The highest BCUT2D eigenvalue weighted by Gasteiger charge is 2.52. The normalized spacial score (nSPS) is 22.9. The summed E-state index contributed by atoms with van der Waals surface area (Å²) in [4.78, 5) is 19.3. The first-order valence-electron chi connectivity index (χ1n) is 8.33. The van der Waals surface area contributed by atoms with Crippen molar-refractivity contribution in [3.8, 4) is 0 Å². The maximum absolute atomic E-state index is 12.8. The molecule has 0 unspecified atom stereocenters. The third kappa shape index (κ3) is 2.35. The van der Waals surface area contributed by atoms with E-state index in [1.165, 1.54) is 6.42 Å². The van der Waals surface area contributed by atoms with E-state index in [1.807, 2.05) is 25.2 Å². The van der Waals surface area contributed by atoms with Crippen LogP contribution in [0.3, 0.4) is 0 Å². The van der Waals surface area contributed by atoms with E-state index >= 15 is 0 Å². The molecule has 5 heteroatoms. The Morgan fingerprint density at radius 1 is 1.39 bits per heavy atom. The van der Waals surface area contributed by atoms with Crippen molar-refractivity contribution in [2.24, 2.45) is 11.3 Å². The van der Waals surface area contributed by atoms with Crippen molar-refractivity contribution < 1.29 is 4.79 Å². The predicted octanol–water partition coefficient (Wildman–Crippen LogP) is 4.42. The van der Waals surface area contributed by atoms with Gasteiger partial charge in [-0.05, 0) is 49.3 Å². The van der Waals surface area contributed by atoms with Gasteiger partial charge in [0.25, 0.3) is 0 Å². The molecule has 2 aromatic rings. The van der Waals surface area contributed by atoms with Crippen molar-refractivity contribution in [2.45, 2.75) is 45.6 Å². The molecule has 4 rings (SSSR count). The summed E-state index contributed by atoms with van der Waals surface area (Å²) in [6.45, 7) is 4.30. The summed E-state index contributed by atoms with van der Waals surface area (Å²) in [7, 11) is 1.86. The van der Waals surface area contributed by atoms with Gasteiger partial charge in [-0.3, -0.25) is 9.69 Å². The zero-order chi connectivity index (χ0) is 16.4. The quantitative estimate of drug-likeness (QED) is 0.834. The number of amides is 1. The third-order valence-electron chi connectivity index (χ3n) is 5.51. The molecule has 2 aliphatic carbocycles. The minimum absolute atomic E-state index is 0.116. The smallest absolute Gasteiger partial charge is 0.232 e. The molecule has 0 saturated heterocycles. The van der Waals surface area contributed by atoms with E-state index in [0.29, 0.717) is 11.1 Å². The fourth-order valence-corrected chi connectivity index (χ4v) is 3.68. The molecule has 1 atom stereocenters. The number of fused-ring (bicyclic) bond motifs is 1. The minimum atomic E-state index is 0.116. The monoisotopic (exact) mass is 331 g/mol. The van der Waals surface area contributed by atoms with Gasteiger partial charge in [0.15, 0.2) is 0 Å². The van der Waals surface area contributed by atoms with Crippen LogP contribution in [0.2, 0.25) is 5.02 Å². The number of benzene rings is 1. The average Bonchev–Trinajstić information content (AvgIpc) is 2.93. The zero-order valence-corrected chi connectivity index (χ0v) is 14.6. The van der Waals surface area contributed by atoms with Crippen LogP contribution < -0.4 is 4.90 Å². The van der Waals surface area contributed by atoms with Crippen LogP contribution in [0.1, 0.15) is 45.6 Å². The number of halogens is 1. The zero-order valence-electron chi connectivity index (χ0n) is 13.8. The fraction of sp³-hybridized carbons (Fsp3) is 0.556. The van der Waals surface area contributed by atoms with Gasteiger partial charge in [-0.25, -0.2) is 4.98 Å². The molecule has 0 radical (unpaired) electrons. The van der Waals surface area contributed by atoms with E-state index in [9.17, 15) is 4.79 Å². The minimum Gasteiger partial charge on any atom is -0.307 e. The highest BCUT2D eigenvalue weighted by molar-refractivity contribution is 6.31.